The number of hydrogen-bond acceptors (Lipinski definition) is 5. The highest BCUT2D eigenvalue weighted by Crippen LogP contribution is 2.33. The highest BCUT2D eigenvalue weighted by Gasteiger charge is 2.34. The van der Waals surface area contributed by atoms with Gasteiger partial charge >= 0.3 is 0 Å². The Morgan fingerprint density at radius 1 is 1.23 bits per heavy atom. The molecule has 0 spiro atoms. The van der Waals surface area contributed by atoms with Gasteiger partial charge in [0.05, 0.1) is 18.2 Å². The van der Waals surface area contributed by atoms with Gasteiger partial charge in [-0.3, -0.25) is 4.55 Å². The molecule has 0 radical (unpaired) electrons. The number of ether oxygens (including phenoxy) is 1. The number of halogens is 1. The van der Waals surface area contributed by atoms with Crippen LogP contribution in [-0.2, 0) is 14.9 Å². The Morgan fingerprint density at radius 2 is 1.95 bits per heavy atom. The standard InChI is InChI=1S/C14H23IN2O4S/c1-9-7-12(15)13(8-14(9)21-2)17-16-10-3-5-11(6-4-10)22(18,19)20/h3,5,9-14H,4,6-8H2,1-2H3,(H,18,19,20)/t9-,10-,11+,12?,13-,14?/m0/s1. The third-order valence-electron chi connectivity index (χ3n) is 4.47. The molecule has 6 atom stereocenters. The molecule has 2 aliphatic rings. The van der Waals surface area contributed by atoms with Crippen molar-refractivity contribution in [1.82, 2.24) is 0 Å². The van der Waals surface area contributed by atoms with Gasteiger partial charge in [-0.1, -0.05) is 41.7 Å². The zero-order valence-corrected chi connectivity index (χ0v) is 15.8. The van der Waals surface area contributed by atoms with Crippen LogP contribution in [0.25, 0.3) is 0 Å². The van der Waals surface area contributed by atoms with Crippen LogP contribution < -0.4 is 0 Å². The lowest BCUT2D eigenvalue weighted by Crippen LogP contribution is -2.38. The molecule has 6 nitrogen and oxygen atoms in total. The molecule has 1 fully saturated rings. The molecule has 2 rings (SSSR count). The first kappa shape index (κ1) is 18.3. The van der Waals surface area contributed by atoms with Crippen LogP contribution in [-0.4, -0.2) is 47.4 Å². The van der Waals surface area contributed by atoms with Crippen LogP contribution in [0.2, 0.25) is 0 Å². The Labute approximate surface area is 145 Å². The van der Waals surface area contributed by atoms with Crippen molar-refractivity contribution in [3.8, 4) is 0 Å². The van der Waals surface area contributed by atoms with Gasteiger partial charge in [0.1, 0.15) is 5.25 Å². The zero-order valence-electron chi connectivity index (χ0n) is 12.8. The lowest BCUT2D eigenvalue weighted by molar-refractivity contribution is 0.0273. The summed E-state index contributed by atoms with van der Waals surface area (Å²) in [6.45, 7) is 2.20. The number of nitrogens with zero attached hydrogens (tertiary/aromatic N) is 2. The van der Waals surface area contributed by atoms with Gasteiger partial charge in [0, 0.05) is 11.0 Å². The lowest BCUT2D eigenvalue weighted by Gasteiger charge is -2.34. The van der Waals surface area contributed by atoms with Crippen molar-refractivity contribution in [2.45, 2.75) is 60.0 Å². The normalized spacial score (nSPS) is 40.2. The maximum atomic E-state index is 11.1. The molecule has 0 aliphatic heterocycles. The first-order valence-electron chi connectivity index (χ1n) is 7.52. The number of alkyl halides is 1. The maximum absolute atomic E-state index is 11.1. The average Bonchev–Trinajstić information content (AvgIpc) is 2.46. The van der Waals surface area contributed by atoms with E-state index in [2.05, 4.69) is 39.7 Å². The van der Waals surface area contributed by atoms with Crippen molar-refractivity contribution >= 4 is 32.7 Å². The van der Waals surface area contributed by atoms with E-state index in [1.165, 1.54) is 6.08 Å². The minimum absolute atomic E-state index is 0.0954. The van der Waals surface area contributed by atoms with Crippen LogP contribution in [0.1, 0.15) is 32.6 Å². The van der Waals surface area contributed by atoms with Gasteiger partial charge in [-0.25, -0.2) is 0 Å². The van der Waals surface area contributed by atoms with Gasteiger partial charge < -0.3 is 4.74 Å². The van der Waals surface area contributed by atoms with E-state index in [0.29, 0.717) is 22.7 Å². The Hall–Kier alpha value is -0.0600. The van der Waals surface area contributed by atoms with E-state index in [9.17, 15) is 8.42 Å². The van der Waals surface area contributed by atoms with E-state index in [1.807, 2.05) is 0 Å². The summed E-state index contributed by atoms with van der Waals surface area (Å²) in [7, 11) is -2.25. The molecule has 22 heavy (non-hydrogen) atoms. The van der Waals surface area contributed by atoms with Crippen molar-refractivity contribution in [2.75, 3.05) is 7.11 Å². The zero-order chi connectivity index (χ0) is 16.3. The van der Waals surface area contributed by atoms with Crippen LogP contribution >= 0.6 is 22.6 Å². The smallest absolute Gasteiger partial charge is 0.271 e. The summed E-state index contributed by atoms with van der Waals surface area (Å²) in [6, 6.07) is 0.0522. The molecule has 0 heterocycles. The second-order valence-electron chi connectivity index (χ2n) is 6.12. The number of rotatable bonds is 4. The number of methoxy groups -OCH3 is 1. The minimum Gasteiger partial charge on any atom is -0.381 e. The second kappa shape index (κ2) is 7.67. The molecule has 8 heteroatoms. The van der Waals surface area contributed by atoms with Crippen LogP contribution in [0, 0.1) is 5.92 Å². The van der Waals surface area contributed by atoms with Crippen molar-refractivity contribution in [2.24, 2.45) is 16.1 Å². The van der Waals surface area contributed by atoms with Gasteiger partial charge in [0.25, 0.3) is 10.1 Å². The third kappa shape index (κ3) is 4.72. The van der Waals surface area contributed by atoms with E-state index in [1.54, 1.807) is 13.2 Å². The fourth-order valence-corrected chi connectivity index (χ4v) is 4.99. The number of azo groups is 1. The Bertz CT molecular complexity index is 537. The second-order valence-corrected chi connectivity index (χ2v) is 9.36. The monoisotopic (exact) mass is 442 g/mol. The molecule has 0 amide bonds. The van der Waals surface area contributed by atoms with E-state index in [-0.39, 0.29) is 18.2 Å². The van der Waals surface area contributed by atoms with Crippen LogP contribution in [0.15, 0.2) is 22.4 Å². The Kier molecular flexibility index (Phi) is 6.38. The van der Waals surface area contributed by atoms with Crippen LogP contribution in [0.5, 0.6) is 0 Å². The van der Waals surface area contributed by atoms with Crippen molar-refractivity contribution in [3.05, 3.63) is 12.2 Å². The van der Waals surface area contributed by atoms with E-state index < -0.39 is 15.4 Å². The summed E-state index contributed by atoms with van der Waals surface area (Å²) in [5.74, 6) is 0.531. The molecule has 0 aromatic heterocycles. The molecule has 2 unspecified atom stereocenters. The first-order valence-corrected chi connectivity index (χ1v) is 10.3. The molecule has 0 saturated heterocycles. The molecule has 0 aromatic rings. The van der Waals surface area contributed by atoms with Gasteiger partial charge in [-0.2, -0.15) is 18.6 Å². The summed E-state index contributed by atoms with van der Waals surface area (Å²) in [4.78, 5) is 0. The van der Waals surface area contributed by atoms with Gasteiger partial charge in [-0.15, -0.1) is 0 Å². The van der Waals surface area contributed by atoms with E-state index >= 15 is 0 Å². The maximum Gasteiger partial charge on any atom is 0.271 e. The lowest BCUT2D eigenvalue weighted by atomic mass is 9.85. The largest absolute Gasteiger partial charge is 0.381 e. The van der Waals surface area contributed by atoms with Crippen molar-refractivity contribution in [3.63, 3.8) is 0 Å². The third-order valence-corrected chi connectivity index (χ3v) is 6.96. The highest BCUT2D eigenvalue weighted by molar-refractivity contribution is 14.1. The Morgan fingerprint density at radius 3 is 2.50 bits per heavy atom. The predicted octanol–water partition coefficient (Wildman–Crippen LogP) is 3.03. The topological polar surface area (TPSA) is 88.3 Å². The quantitative estimate of drug-likeness (QED) is 0.238. The molecule has 1 N–H and O–H groups in total. The van der Waals surface area contributed by atoms with Crippen LogP contribution in [0.4, 0.5) is 0 Å². The summed E-state index contributed by atoms with van der Waals surface area (Å²) in [5.41, 5.74) is 0. The Balaban J connectivity index is 1.95. The summed E-state index contributed by atoms with van der Waals surface area (Å²) >= 11 is 2.43. The summed E-state index contributed by atoms with van der Waals surface area (Å²) in [6.07, 6.45) is 6.38. The predicted molar refractivity (Wildman–Crippen MR) is 93.1 cm³/mol. The minimum atomic E-state index is -3.99. The fourth-order valence-electron chi connectivity index (χ4n) is 3.03. The average molecular weight is 442 g/mol. The fraction of sp³-hybridized carbons (Fsp3) is 0.857. The van der Waals surface area contributed by atoms with Gasteiger partial charge in [-0.05, 0) is 31.6 Å². The molecule has 2 aliphatic carbocycles. The van der Waals surface area contributed by atoms with Crippen molar-refractivity contribution < 1.29 is 17.7 Å². The summed E-state index contributed by atoms with van der Waals surface area (Å²) in [5, 5.41) is 8.05. The van der Waals surface area contributed by atoms with Crippen LogP contribution in [0.3, 0.4) is 0 Å². The first-order chi connectivity index (χ1) is 10.3. The summed E-state index contributed by atoms with van der Waals surface area (Å²) < 4.78 is 37.1. The molecule has 0 aromatic carbocycles. The van der Waals surface area contributed by atoms with E-state index in [0.717, 1.165) is 12.8 Å². The van der Waals surface area contributed by atoms with E-state index in [4.69, 9.17) is 9.29 Å². The molecule has 126 valence electrons. The van der Waals surface area contributed by atoms with Crippen molar-refractivity contribution in [1.29, 1.82) is 0 Å². The number of hydrogen-bond donors (Lipinski definition) is 1. The molecular weight excluding hydrogens is 419 g/mol. The molecule has 1 saturated carbocycles. The van der Waals surface area contributed by atoms with Gasteiger partial charge in [0.2, 0.25) is 0 Å². The molecular formula is C14H23IN2O4S. The highest BCUT2D eigenvalue weighted by atomic mass is 127. The SMILES string of the molecule is COC1C[C@H](N=N[C@H]2C=C[C@@H](S(=O)(=O)O)CC2)C(I)C[C@@H]1C. The molecule has 0 bridgehead atoms. The van der Waals surface area contributed by atoms with Gasteiger partial charge in [0.15, 0.2) is 0 Å².